The van der Waals surface area contributed by atoms with Gasteiger partial charge in [0.1, 0.15) is 6.10 Å². The van der Waals surface area contributed by atoms with Crippen LogP contribution in [0.3, 0.4) is 0 Å². The Morgan fingerprint density at radius 2 is 2.04 bits per heavy atom. The lowest BCUT2D eigenvalue weighted by molar-refractivity contribution is -0.153. The molecular weight excluding hydrogens is 302 g/mol. The minimum atomic E-state index is -0.0710. The first-order valence-electron chi connectivity index (χ1n) is 8.53. The van der Waals surface area contributed by atoms with E-state index in [4.69, 9.17) is 4.74 Å². The van der Waals surface area contributed by atoms with Crippen LogP contribution in [0.2, 0.25) is 0 Å². The van der Waals surface area contributed by atoms with Crippen molar-refractivity contribution in [3.63, 3.8) is 0 Å². The Kier molecular flexibility index (Phi) is 5.00. The molecule has 1 aliphatic rings. The lowest BCUT2D eigenvalue weighted by Gasteiger charge is -2.44. The van der Waals surface area contributed by atoms with Gasteiger partial charge in [-0.1, -0.05) is 30.3 Å². The van der Waals surface area contributed by atoms with Crippen molar-refractivity contribution in [1.82, 2.24) is 14.7 Å². The van der Waals surface area contributed by atoms with E-state index in [1.807, 2.05) is 54.0 Å². The van der Waals surface area contributed by atoms with Crippen molar-refractivity contribution in [1.29, 1.82) is 0 Å². The van der Waals surface area contributed by atoms with E-state index in [-0.39, 0.29) is 24.1 Å². The number of morpholine rings is 1. The zero-order chi connectivity index (χ0) is 17.1. The average Bonchev–Trinajstić information content (AvgIpc) is 2.99. The van der Waals surface area contributed by atoms with Gasteiger partial charge in [0.25, 0.3) is 0 Å². The number of carbonyl (C=O) groups excluding carboxylic acids is 1. The van der Waals surface area contributed by atoms with Crippen LogP contribution in [-0.4, -0.2) is 39.3 Å². The largest absolute Gasteiger partial charge is 0.369 e. The highest BCUT2D eigenvalue weighted by molar-refractivity contribution is 5.77. The molecule has 3 rings (SSSR count). The highest BCUT2D eigenvalue weighted by Gasteiger charge is 2.36. The Labute approximate surface area is 143 Å². The van der Waals surface area contributed by atoms with Gasteiger partial charge in [0, 0.05) is 19.2 Å². The third-order valence-corrected chi connectivity index (χ3v) is 4.60. The summed E-state index contributed by atoms with van der Waals surface area (Å²) in [6.07, 6.45) is 4.16. The third kappa shape index (κ3) is 3.51. The monoisotopic (exact) mass is 327 g/mol. The maximum Gasteiger partial charge on any atom is 0.225 e. The van der Waals surface area contributed by atoms with Crippen molar-refractivity contribution < 1.29 is 9.53 Å². The Balaban J connectivity index is 1.69. The van der Waals surface area contributed by atoms with Gasteiger partial charge in [0.05, 0.1) is 24.9 Å². The minimum absolute atomic E-state index is 0.0167. The summed E-state index contributed by atoms with van der Waals surface area (Å²) >= 11 is 0. The predicted molar refractivity (Wildman–Crippen MR) is 92.5 cm³/mol. The number of hydrogen-bond acceptors (Lipinski definition) is 3. The normalized spacial score (nSPS) is 24.1. The molecule has 1 fully saturated rings. The average molecular weight is 327 g/mol. The second-order valence-electron chi connectivity index (χ2n) is 6.59. The van der Waals surface area contributed by atoms with Gasteiger partial charge in [-0.05, 0) is 31.9 Å². The van der Waals surface area contributed by atoms with Crippen LogP contribution in [0.1, 0.15) is 37.5 Å². The van der Waals surface area contributed by atoms with Gasteiger partial charge in [-0.15, -0.1) is 0 Å². The van der Waals surface area contributed by atoms with E-state index in [1.54, 1.807) is 0 Å². The van der Waals surface area contributed by atoms with Gasteiger partial charge in [-0.3, -0.25) is 9.48 Å². The molecule has 0 N–H and O–H groups in total. The van der Waals surface area contributed by atoms with E-state index < -0.39 is 0 Å². The number of rotatable bonds is 4. The third-order valence-electron chi connectivity index (χ3n) is 4.60. The second-order valence-corrected chi connectivity index (χ2v) is 6.59. The molecule has 1 aromatic heterocycles. The Hall–Kier alpha value is -2.14. The summed E-state index contributed by atoms with van der Waals surface area (Å²) in [5, 5.41) is 4.25. The molecule has 0 unspecified atom stereocenters. The summed E-state index contributed by atoms with van der Waals surface area (Å²) in [6, 6.07) is 10.2. The fourth-order valence-electron chi connectivity index (χ4n) is 3.43. The van der Waals surface area contributed by atoms with Crippen LogP contribution in [0, 0.1) is 6.92 Å². The fraction of sp³-hybridized carbons (Fsp3) is 0.474. The maximum atomic E-state index is 12.8. The van der Waals surface area contributed by atoms with Crippen LogP contribution in [0.5, 0.6) is 0 Å². The van der Waals surface area contributed by atoms with Crippen molar-refractivity contribution in [2.24, 2.45) is 0 Å². The van der Waals surface area contributed by atoms with Crippen LogP contribution < -0.4 is 0 Å². The molecule has 0 aliphatic carbocycles. The second kappa shape index (κ2) is 7.18. The van der Waals surface area contributed by atoms with Crippen molar-refractivity contribution in [3.8, 4) is 0 Å². The van der Waals surface area contributed by atoms with Crippen molar-refractivity contribution in [2.75, 3.05) is 6.61 Å². The number of nitrogens with zero attached hydrogens (tertiary/aromatic N) is 3. The number of aryl methyl sites for hydroxylation is 2. The highest BCUT2D eigenvalue weighted by Crippen LogP contribution is 2.31. The molecule has 0 bridgehead atoms. The molecule has 2 aromatic rings. The fourth-order valence-corrected chi connectivity index (χ4v) is 3.43. The van der Waals surface area contributed by atoms with Crippen molar-refractivity contribution in [2.45, 2.75) is 51.9 Å². The number of carbonyl (C=O) groups is 1. The van der Waals surface area contributed by atoms with Crippen LogP contribution >= 0.6 is 0 Å². The summed E-state index contributed by atoms with van der Waals surface area (Å²) in [5.74, 6) is 0.160. The molecular formula is C19H25N3O2. The molecule has 5 heteroatoms. The van der Waals surface area contributed by atoms with Crippen LogP contribution in [0.25, 0.3) is 0 Å². The minimum Gasteiger partial charge on any atom is -0.369 e. The number of amides is 1. The van der Waals surface area contributed by atoms with Gasteiger partial charge < -0.3 is 9.64 Å². The number of ether oxygens (including phenoxy) is 1. The molecule has 0 spiro atoms. The van der Waals surface area contributed by atoms with Crippen LogP contribution in [-0.2, 0) is 16.1 Å². The summed E-state index contributed by atoms with van der Waals surface area (Å²) < 4.78 is 7.85. The molecule has 5 nitrogen and oxygen atoms in total. The molecule has 0 radical (unpaired) electrons. The Morgan fingerprint density at radius 1 is 1.29 bits per heavy atom. The molecule has 1 saturated heterocycles. The van der Waals surface area contributed by atoms with Gasteiger partial charge in [0.2, 0.25) is 5.91 Å². The van der Waals surface area contributed by atoms with Crippen LogP contribution in [0.4, 0.5) is 0 Å². The molecule has 1 aliphatic heterocycles. The van der Waals surface area contributed by atoms with E-state index in [9.17, 15) is 4.79 Å². The molecule has 2 heterocycles. The number of benzene rings is 1. The van der Waals surface area contributed by atoms with Gasteiger partial charge in [0.15, 0.2) is 0 Å². The Morgan fingerprint density at radius 3 is 2.71 bits per heavy atom. The topological polar surface area (TPSA) is 47.4 Å². The van der Waals surface area contributed by atoms with Crippen molar-refractivity contribution in [3.05, 3.63) is 53.9 Å². The SMILES string of the molecule is Cc1cnn(CCC(=O)N2[C@@H](C)CO[C@@H](c3ccccc3)[C@@H]2C)c1. The van der Waals surface area contributed by atoms with E-state index in [1.165, 1.54) is 0 Å². The first-order chi connectivity index (χ1) is 11.6. The zero-order valence-corrected chi connectivity index (χ0v) is 14.6. The van der Waals surface area contributed by atoms with Gasteiger partial charge >= 0.3 is 0 Å². The molecule has 3 atom stereocenters. The molecule has 0 saturated carbocycles. The summed E-state index contributed by atoms with van der Waals surface area (Å²) in [7, 11) is 0. The van der Waals surface area contributed by atoms with E-state index in [0.29, 0.717) is 19.6 Å². The summed E-state index contributed by atoms with van der Waals surface area (Å²) in [4.78, 5) is 14.8. The van der Waals surface area contributed by atoms with E-state index >= 15 is 0 Å². The number of aromatic nitrogens is 2. The molecule has 1 amide bonds. The quantitative estimate of drug-likeness (QED) is 0.867. The number of hydrogen-bond donors (Lipinski definition) is 0. The lowest BCUT2D eigenvalue weighted by atomic mass is 9.98. The van der Waals surface area contributed by atoms with Gasteiger partial charge in [-0.2, -0.15) is 5.10 Å². The molecule has 24 heavy (non-hydrogen) atoms. The maximum absolute atomic E-state index is 12.8. The van der Waals surface area contributed by atoms with E-state index in [2.05, 4.69) is 24.2 Å². The molecule has 1 aromatic carbocycles. The standard InChI is InChI=1S/C19H25N3O2/c1-14-11-20-21(12-14)10-9-18(23)22-15(2)13-24-19(16(22)3)17-7-5-4-6-8-17/h4-8,11-12,15-16,19H,9-10,13H2,1-3H3/t15-,16-,19+/m0/s1. The first-order valence-corrected chi connectivity index (χ1v) is 8.53. The summed E-state index contributed by atoms with van der Waals surface area (Å²) in [5.41, 5.74) is 2.23. The lowest BCUT2D eigenvalue weighted by Crippen LogP contribution is -2.53. The highest BCUT2D eigenvalue weighted by atomic mass is 16.5. The van der Waals surface area contributed by atoms with Crippen LogP contribution in [0.15, 0.2) is 42.7 Å². The summed E-state index contributed by atoms with van der Waals surface area (Å²) in [6.45, 7) is 7.30. The first kappa shape index (κ1) is 16.7. The zero-order valence-electron chi connectivity index (χ0n) is 14.6. The Bertz CT molecular complexity index is 683. The van der Waals surface area contributed by atoms with Crippen molar-refractivity contribution >= 4 is 5.91 Å². The smallest absolute Gasteiger partial charge is 0.225 e. The molecule has 128 valence electrons. The van der Waals surface area contributed by atoms with E-state index in [0.717, 1.165) is 11.1 Å². The van der Waals surface area contributed by atoms with Gasteiger partial charge in [-0.25, -0.2) is 0 Å². The predicted octanol–water partition coefficient (Wildman–Crippen LogP) is 2.96.